The number of amides is 1. The van der Waals surface area contributed by atoms with Crippen LogP contribution in [0.5, 0.6) is 0 Å². The molecule has 0 saturated carbocycles. The molecule has 2 saturated heterocycles. The van der Waals surface area contributed by atoms with E-state index in [1.54, 1.807) is 0 Å². The van der Waals surface area contributed by atoms with Crippen LogP contribution >= 0.6 is 0 Å². The summed E-state index contributed by atoms with van der Waals surface area (Å²) in [6.07, 6.45) is 4.20. The van der Waals surface area contributed by atoms with Crippen LogP contribution < -0.4 is 0 Å². The number of carbonyl (C=O) groups is 2. The van der Waals surface area contributed by atoms with Crippen LogP contribution in [-0.4, -0.2) is 35.5 Å². The normalized spacial score (nSPS) is 22.5. The van der Waals surface area contributed by atoms with E-state index in [0.717, 1.165) is 37.7 Å². The van der Waals surface area contributed by atoms with E-state index in [2.05, 4.69) is 81.4 Å². The van der Waals surface area contributed by atoms with E-state index in [1.807, 2.05) is 17.0 Å². The summed E-state index contributed by atoms with van der Waals surface area (Å²) in [4.78, 5) is 29.1. The van der Waals surface area contributed by atoms with Gasteiger partial charge in [-0.25, -0.2) is 4.79 Å². The Balaban J connectivity index is 1.16. The van der Waals surface area contributed by atoms with E-state index >= 15 is 0 Å². The summed E-state index contributed by atoms with van der Waals surface area (Å²) in [5.74, 6) is 0.235. The molecule has 3 aliphatic rings. The molecule has 4 nitrogen and oxygen atoms in total. The monoisotopic (exact) mass is 507 g/mol. The Hall–Kier alpha value is -3.40. The molecule has 2 fully saturated rings. The van der Waals surface area contributed by atoms with Crippen LogP contribution in [0.25, 0.3) is 11.1 Å². The predicted molar refractivity (Wildman–Crippen MR) is 151 cm³/mol. The van der Waals surface area contributed by atoms with Crippen LogP contribution in [-0.2, 0) is 10.2 Å². The van der Waals surface area contributed by atoms with Crippen LogP contribution in [0, 0.1) is 5.92 Å². The largest absolute Gasteiger partial charge is 0.448 e. The molecule has 3 aromatic carbocycles. The zero-order chi connectivity index (χ0) is 26.4. The molecule has 0 spiro atoms. The number of carbonyl (C=O) groups excluding carboxylic acids is 2. The summed E-state index contributed by atoms with van der Waals surface area (Å²) in [7, 11) is 0. The third kappa shape index (κ3) is 4.44. The number of fused-ring (bicyclic) bond motifs is 5. The van der Waals surface area contributed by atoms with Gasteiger partial charge in [-0.3, -0.25) is 4.79 Å². The van der Waals surface area contributed by atoms with Crippen molar-refractivity contribution >= 4 is 11.9 Å². The molecule has 0 aromatic heterocycles. The number of ketones is 1. The molecule has 38 heavy (non-hydrogen) atoms. The molecular formula is C34H37NO3. The first-order chi connectivity index (χ1) is 18.3. The maximum absolute atomic E-state index is 13.6. The van der Waals surface area contributed by atoms with Gasteiger partial charge in [-0.2, -0.15) is 0 Å². The third-order valence-electron chi connectivity index (χ3n) is 8.91. The zero-order valence-corrected chi connectivity index (χ0v) is 22.7. The van der Waals surface area contributed by atoms with Crippen molar-refractivity contribution in [1.29, 1.82) is 0 Å². The van der Waals surface area contributed by atoms with Gasteiger partial charge in [0.05, 0.1) is 0 Å². The predicted octanol–water partition coefficient (Wildman–Crippen LogP) is 7.75. The van der Waals surface area contributed by atoms with Gasteiger partial charge in [-0.05, 0) is 71.4 Å². The van der Waals surface area contributed by atoms with Crippen LogP contribution in [0.1, 0.15) is 85.8 Å². The maximum Gasteiger partial charge on any atom is 0.410 e. The fourth-order valence-corrected chi connectivity index (χ4v) is 6.94. The Labute approximate surface area is 226 Å². The number of Topliss-reactive ketones (excluding diaryl/α,β-unsaturated/α-hetero) is 1. The van der Waals surface area contributed by atoms with Gasteiger partial charge in [-0.1, -0.05) is 87.5 Å². The van der Waals surface area contributed by atoms with Crippen molar-refractivity contribution < 1.29 is 14.3 Å². The first-order valence-corrected chi connectivity index (χ1v) is 14.1. The molecule has 3 aromatic rings. The van der Waals surface area contributed by atoms with Crippen LogP contribution in [0.4, 0.5) is 4.79 Å². The van der Waals surface area contributed by atoms with Crippen molar-refractivity contribution in [3.05, 3.63) is 95.1 Å². The number of ether oxygens (including phenoxy) is 1. The minimum atomic E-state index is -0.220. The molecule has 2 aliphatic heterocycles. The zero-order valence-electron chi connectivity index (χ0n) is 22.7. The summed E-state index contributed by atoms with van der Waals surface area (Å²) in [6, 6.07) is 25.1. The van der Waals surface area contributed by atoms with Gasteiger partial charge in [0, 0.05) is 29.5 Å². The van der Waals surface area contributed by atoms with Crippen molar-refractivity contribution in [3.8, 4) is 11.1 Å². The van der Waals surface area contributed by atoms with E-state index in [1.165, 1.54) is 27.8 Å². The molecular weight excluding hydrogens is 470 g/mol. The Kier molecular flexibility index (Phi) is 6.37. The highest BCUT2D eigenvalue weighted by Crippen LogP contribution is 2.45. The number of benzene rings is 3. The van der Waals surface area contributed by atoms with Gasteiger partial charge in [0.25, 0.3) is 0 Å². The SMILES string of the molecule is CC(C)(C)c1cccc(C(=O)C2CC3CCCC(C2)N3C(=O)OCC2c3ccccc3-c3ccccc32)c1. The molecule has 6 rings (SSSR count). The highest BCUT2D eigenvalue weighted by molar-refractivity contribution is 5.98. The smallest absolute Gasteiger partial charge is 0.410 e. The van der Waals surface area contributed by atoms with Crippen LogP contribution in [0.2, 0.25) is 0 Å². The number of hydrogen-bond acceptors (Lipinski definition) is 3. The standard InChI is InChI=1S/C34H37NO3/c1-34(2,3)24-11-8-10-22(18-24)32(36)23-19-25-12-9-13-26(20-23)35(25)33(37)38-21-31-29-16-6-4-14-27(29)28-15-5-7-17-30(28)31/h4-8,10-11,14-18,23,25-26,31H,9,12-13,19-21H2,1-3H3. The molecule has 1 aliphatic carbocycles. The second-order valence-electron chi connectivity index (χ2n) is 12.3. The topological polar surface area (TPSA) is 46.6 Å². The Morgan fingerprint density at radius 2 is 1.45 bits per heavy atom. The average molecular weight is 508 g/mol. The van der Waals surface area contributed by atoms with Gasteiger partial charge in [0.1, 0.15) is 6.61 Å². The van der Waals surface area contributed by atoms with E-state index in [9.17, 15) is 9.59 Å². The molecule has 2 heterocycles. The minimum absolute atomic E-state index is 0.000263. The van der Waals surface area contributed by atoms with Gasteiger partial charge in [0.15, 0.2) is 5.78 Å². The minimum Gasteiger partial charge on any atom is -0.448 e. The molecule has 1 amide bonds. The van der Waals surface area contributed by atoms with E-state index in [-0.39, 0.29) is 41.2 Å². The quantitative estimate of drug-likeness (QED) is 0.339. The van der Waals surface area contributed by atoms with Crippen molar-refractivity contribution in [2.45, 2.75) is 76.3 Å². The van der Waals surface area contributed by atoms with E-state index in [0.29, 0.717) is 6.61 Å². The second kappa shape index (κ2) is 9.72. The van der Waals surface area contributed by atoms with Crippen molar-refractivity contribution in [2.75, 3.05) is 6.61 Å². The molecule has 0 radical (unpaired) electrons. The van der Waals surface area contributed by atoms with Gasteiger partial charge in [-0.15, -0.1) is 0 Å². The summed E-state index contributed by atoms with van der Waals surface area (Å²) >= 11 is 0. The first kappa shape index (κ1) is 24.9. The lowest BCUT2D eigenvalue weighted by Crippen LogP contribution is -2.55. The lowest BCUT2D eigenvalue weighted by Gasteiger charge is -2.47. The fourth-order valence-electron chi connectivity index (χ4n) is 6.94. The van der Waals surface area contributed by atoms with Crippen LogP contribution in [0.15, 0.2) is 72.8 Å². The maximum atomic E-state index is 13.6. The summed E-state index contributed by atoms with van der Waals surface area (Å²) in [5, 5.41) is 0. The van der Waals surface area contributed by atoms with E-state index in [4.69, 9.17) is 4.74 Å². The number of hydrogen-bond donors (Lipinski definition) is 0. The number of rotatable bonds is 4. The number of piperidine rings is 2. The highest BCUT2D eigenvalue weighted by atomic mass is 16.6. The van der Waals surface area contributed by atoms with Crippen LogP contribution in [0.3, 0.4) is 0 Å². The lowest BCUT2D eigenvalue weighted by molar-refractivity contribution is 0.00650. The summed E-state index contributed by atoms with van der Waals surface area (Å²) in [5.41, 5.74) is 6.90. The van der Waals surface area contributed by atoms with Gasteiger partial charge < -0.3 is 9.64 Å². The van der Waals surface area contributed by atoms with Gasteiger partial charge in [0.2, 0.25) is 0 Å². The lowest BCUT2D eigenvalue weighted by atomic mass is 9.75. The molecule has 0 N–H and O–H groups in total. The molecule has 4 heteroatoms. The summed E-state index contributed by atoms with van der Waals surface area (Å²) < 4.78 is 6.05. The molecule has 2 unspecified atom stereocenters. The number of nitrogens with zero attached hydrogens (tertiary/aromatic N) is 1. The second-order valence-corrected chi connectivity index (χ2v) is 12.3. The van der Waals surface area contributed by atoms with E-state index < -0.39 is 0 Å². The van der Waals surface area contributed by atoms with Crippen molar-refractivity contribution in [2.24, 2.45) is 5.92 Å². The molecule has 2 bridgehead atoms. The summed E-state index contributed by atoms with van der Waals surface area (Å²) in [6.45, 7) is 6.86. The fraction of sp³-hybridized carbons (Fsp3) is 0.412. The van der Waals surface area contributed by atoms with Crippen molar-refractivity contribution in [1.82, 2.24) is 4.90 Å². The third-order valence-corrected chi connectivity index (χ3v) is 8.91. The Morgan fingerprint density at radius 3 is 2.05 bits per heavy atom. The van der Waals surface area contributed by atoms with Crippen molar-refractivity contribution in [3.63, 3.8) is 0 Å². The highest BCUT2D eigenvalue weighted by Gasteiger charge is 2.44. The Morgan fingerprint density at radius 1 is 0.842 bits per heavy atom. The first-order valence-electron chi connectivity index (χ1n) is 14.1. The average Bonchev–Trinajstić information content (AvgIpc) is 3.24. The van der Waals surface area contributed by atoms with Gasteiger partial charge >= 0.3 is 6.09 Å². The Bertz CT molecular complexity index is 1310. The molecule has 2 atom stereocenters. The molecule has 196 valence electrons.